The summed E-state index contributed by atoms with van der Waals surface area (Å²) < 4.78 is 40.0. The Morgan fingerprint density at radius 1 is 1.38 bits per heavy atom. The lowest BCUT2D eigenvalue weighted by atomic mass is 10.2. The van der Waals surface area contributed by atoms with Gasteiger partial charge in [0.1, 0.15) is 17.0 Å². The van der Waals surface area contributed by atoms with Gasteiger partial charge in [0.15, 0.2) is 5.82 Å². The lowest BCUT2D eigenvalue weighted by Crippen LogP contribution is -2.04. The van der Waals surface area contributed by atoms with Crippen molar-refractivity contribution in [3.05, 3.63) is 42.4 Å². The van der Waals surface area contributed by atoms with Crippen molar-refractivity contribution in [3.63, 3.8) is 0 Å². The van der Waals surface area contributed by atoms with Gasteiger partial charge in [-0.05, 0) is 18.2 Å². The molecule has 0 aliphatic heterocycles. The van der Waals surface area contributed by atoms with Crippen LogP contribution in [0.15, 0.2) is 35.6 Å². The number of benzene rings is 1. The van der Waals surface area contributed by atoms with E-state index in [1.807, 2.05) is 0 Å². The predicted molar refractivity (Wildman–Crippen MR) is 75.0 cm³/mol. The zero-order valence-electron chi connectivity index (χ0n) is 10.9. The second kappa shape index (κ2) is 4.81. The summed E-state index contributed by atoms with van der Waals surface area (Å²) in [6, 6.07) is 3.92. The number of aryl methyl sites for hydroxylation is 1. The second-order valence-corrected chi connectivity index (χ2v) is 7.11. The molecule has 6 nitrogen and oxygen atoms in total. The van der Waals surface area contributed by atoms with Gasteiger partial charge >= 0.3 is 0 Å². The molecule has 0 spiro atoms. The van der Waals surface area contributed by atoms with Crippen LogP contribution >= 0.6 is 10.7 Å². The van der Waals surface area contributed by atoms with E-state index < -0.39 is 14.9 Å². The monoisotopic (exact) mass is 328 g/mol. The molecule has 0 unspecified atom stereocenters. The van der Waals surface area contributed by atoms with Crippen LogP contribution in [0.4, 0.5) is 4.39 Å². The standard InChI is InChI=1S/C12H10ClFN4O2S/c1-17-7-15-16-12(17)6-18-5-11(21(13,19)20)9-4-8(14)2-3-10(9)18/h2-5,7H,6H2,1H3. The number of halogens is 2. The largest absolute Gasteiger partial charge is 0.338 e. The molecule has 21 heavy (non-hydrogen) atoms. The Balaban J connectivity index is 2.22. The second-order valence-electron chi connectivity index (χ2n) is 4.58. The van der Waals surface area contributed by atoms with E-state index in [0.29, 0.717) is 17.9 Å². The Labute approximate surface area is 124 Å². The molecule has 2 aromatic heterocycles. The van der Waals surface area contributed by atoms with Crippen LogP contribution in [0.2, 0.25) is 0 Å². The molecule has 0 amide bonds. The van der Waals surface area contributed by atoms with E-state index in [9.17, 15) is 12.8 Å². The van der Waals surface area contributed by atoms with Gasteiger partial charge in [-0.15, -0.1) is 10.2 Å². The van der Waals surface area contributed by atoms with Gasteiger partial charge in [-0.25, -0.2) is 12.8 Å². The quantitative estimate of drug-likeness (QED) is 0.688. The first-order valence-electron chi connectivity index (χ1n) is 5.92. The molecule has 0 atom stereocenters. The van der Waals surface area contributed by atoms with Gasteiger partial charge < -0.3 is 9.13 Å². The van der Waals surface area contributed by atoms with Crippen molar-refractivity contribution >= 4 is 30.6 Å². The van der Waals surface area contributed by atoms with Gasteiger partial charge in [-0.3, -0.25) is 0 Å². The SMILES string of the molecule is Cn1cnnc1Cn1cc(S(=O)(=O)Cl)c2cc(F)ccc21. The molecule has 2 heterocycles. The molecule has 9 heteroatoms. The maximum Gasteiger partial charge on any atom is 0.263 e. The predicted octanol–water partition coefficient (Wildman–Crippen LogP) is 1.88. The average molecular weight is 329 g/mol. The topological polar surface area (TPSA) is 69.8 Å². The Bertz CT molecular complexity index is 932. The number of fused-ring (bicyclic) bond motifs is 1. The zero-order valence-corrected chi connectivity index (χ0v) is 12.4. The summed E-state index contributed by atoms with van der Waals surface area (Å²) in [5, 5.41) is 7.95. The number of hydrogen-bond donors (Lipinski definition) is 0. The first-order valence-corrected chi connectivity index (χ1v) is 8.23. The molecule has 0 bridgehead atoms. The van der Waals surface area contributed by atoms with Gasteiger partial charge in [-0.2, -0.15) is 0 Å². The fourth-order valence-electron chi connectivity index (χ4n) is 2.16. The molecule has 0 radical (unpaired) electrons. The molecule has 0 N–H and O–H groups in total. The van der Waals surface area contributed by atoms with Crippen LogP contribution in [0.5, 0.6) is 0 Å². The van der Waals surface area contributed by atoms with Crippen molar-refractivity contribution < 1.29 is 12.8 Å². The van der Waals surface area contributed by atoms with Crippen LogP contribution < -0.4 is 0 Å². The number of hydrogen-bond acceptors (Lipinski definition) is 4. The summed E-state index contributed by atoms with van der Waals surface area (Å²) in [5.74, 6) is 0.107. The van der Waals surface area contributed by atoms with Crippen LogP contribution in [-0.2, 0) is 22.6 Å². The summed E-state index contributed by atoms with van der Waals surface area (Å²) in [7, 11) is 3.22. The zero-order chi connectivity index (χ0) is 15.2. The highest BCUT2D eigenvalue weighted by Crippen LogP contribution is 2.29. The highest BCUT2D eigenvalue weighted by molar-refractivity contribution is 8.14. The lowest BCUT2D eigenvalue weighted by molar-refractivity contribution is 0.609. The van der Waals surface area contributed by atoms with Crippen molar-refractivity contribution in [2.24, 2.45) is 7.05 Å². The molecule has 0 aliphatic carbocycles. The van der Waals surface area contributed by atoms with E-state index in [0.717, 1.165) is 6.07 Å². The van der Waals surface area contributed by atoms with E-state index in [4.69, 9.17) is 10.7 Å². The van der Waals surface area contributed by atoms with Crippen molar-refractivity contribution in [2.75, 3.05) is 0 Å². The molecule has 3 rings (SSSR count). The summed E-state index contributed by atoms with van der Waals surface area (Å²) in [6.45, 7) is 0.297. The Hall–Kier alpha value is -1.93. The van der Waals surface area contributed by atoms with Crippen LogP contribution in [0, 0.1) is 5.82 Å². The third kappa shape index (κ3) is 2.52. The van der Waals surface area contributed by atoms with Gasteiger partial charge in [0, 0.05) is 29.3 Å². The normalized spacial score (nSPS) is 12.1. The summed E-state index contributed by atoms with van der Waals surface area (Å²) >= 11 is 0. The van der Waals surface area contributed by atoms with Gasteiger partial charge in [-0.1, -0.05) is 0 Å². The van der Waals surface area contributed by atoms with Gasteiger partial charge in [0.2, 0.25) is 0 Å². The molecular formula is C12H10ClFN4O2S. The maximum atomic E-state index is 13.4. The summed E-state index contributed by atoms with van der Waals surface area (Å²) in [4.78, 5) is -0.124. The molecule has 110 valence electrons. The van der Waals surface area contributed by atoms with Gasteiger partial charge in [0.25, 0.3) is 9.05 Å². The third-order valence-electron chi connectivity index (χ3n) is 3.19. The third-order valence-corrected chi connectivity index (χ3v) is 4.54. The summed E-state index contributed by atoms with van der Waals surface area (Å²) in [6.07, 6.45) is 2.92. The van der Waals surface area contributed by atoms with E-state index in [1.54, 1.807) is 22.5 Å². The van der Waals surface area contributed by atoms with Crippen LogP contribution in [-0.4, -0.2) is 27.7 Å². The lowest BCUT2D eigenvalue weighted by Gasteiger charge is -2.04. The first-order chi connectivity index (χ1) is 9.86. The minimum atomic E-state index is -3.97. The maximum absolute atomic E-state index is 13.4. The highest BCUT2D eigenvalue weighted by Gasteiger charge is 2.20. The molecule has 0 saturated carbocycles. The van der Waals surface area contributed by atoms with E-state index in [-0.39, 0.29) is 10.3 Å². The fourth-order valence-corrected chi connectivity index (χ4v) is 3.21. The molecular weight excluding hydrogens is 319 g/mol. The fraction of sp³-hybridized carbons (Fsp3) is 0.167. The van der Waals surface area contributed by atoms with E-state index in [1.165, 1.54) is 18.3 Å². The van der Waals surface area contributed by atoms with Crippen molar-refractivity contribution in [1.29, 1.82) is 0 Å². The minimum absolute atomic E-state index is 0.124. The number of rotatable bonds is 3. The highest BCUT2D eigenvalue weighted by atomic mass is 35.7. The summed E-state index contributed by atoms with van der Waals surface area (Å²) in [5.41, 5.74) is 0.554. The molecule has 0 saturated heterocycles. The average Bonchev–Trinajstić information content (AvgIpc) is 2.94. The number of nitrogens with zero attached hydrogens (tertiary/aromatic N) is 4. The Kier molecular flexibility index (Phi) is 3.22. The molecule has 0 aliphatic rings. The number of aromatic nitrogens is 4. The van der Waals surface area contributed by atoms with E-state index in [2.05, 4.69) is 10.2 Å². The Morgan fingerprint density at radius 2 is 2.14 bits per heavy atom. The van der Waals surface area contributed by atoms with Crippen LogP contribution in [0.25, 0.3) is 10.9 Å². The molecule has 3 aromatic rings. The van der Waals surface area contributed by atoms with Crippen molar-refractivity contribution in [1.82, 2.24) is 19.3 Å². The van der Waals surface area contributed by atoms with Crippen LogP contribution in [0.1, 0.15) is 5.82 Å². The van der Waals surface area contributed by atoms with E-state index >= 15 is 0 Å². The minimum Gasteiger partial charge on any atom is -0.338 e. The van der Waals surface area contributed by atoms with Crippen molar-refractivity contribution in [2.45, 2.75) is 11.4 Å². The molecule has 0 fully saturated rings. The first kappa shape index (κ1) is 14.0. The smallest absolute Gasteiger partial charge is 0.263 e. The Morgan fingerprint density at radius 3 is 2.76 bits per heavy atom. The van der Waals surface area contributed by atoms with Crippen LogP contribution in [0.3, 0.4) is 0 Å². The van der Waals surface area contributed by atoms with Gasteiger partial charge in [0.05, 0.1) is 12.1 Å². The molecule has 1 aromatic carbocycles. The van der Waals surface area contributed by atoms with Crippen molar-refractivity contribution in [3.8, 4) is 0 Å².